The number of hydrogen-bond acceptors (Lipinski definition) is 2. The largest absolute Gasteiger partial charge is 0.350 e. The molecule has 0 unspecified atom stereocenters. The molecule has 20 heavy (non-hydrogen) atoms. The molecule has 2 aromatic rings. The van der Waals surface area contributed by atoms with Gasteiger partial charge in [-0.25, -0.2) is 4.39 Å². The van der Waals surface area contributed by atoms with Gasteiger partial charge in [-0.3, -0.25) is 4.79 Å². The highest BCUT2D eigenvalue weighted by Crippen LogP contribution is 2.22. The Morgan fingerprint density at radius 3 is 2.55 bits per heavy atom. The van der Waals surface area contributed by atoms with Crippen molar-refractivity contribution in [2.24, 2.45) is 5.41 Å². The lowest BCUT2D eigenvalue weighted by Crippen LogP contribution is -2.33. The molecule has 102 valence electrons. The number of fused-ring (bicyclic) bond motifs is 1. The SMILES string of the molecule is CC(C)(C#N)CNC(=O)c1ccc(F)c2ccccc12. The van der Waals surface area contributed by atoms with E-state index in [0.29, 0.717) is 16.3 Å². The lowest BCUT2D eigenvalue weighted by Gasteiger charge is -2.16. The van der Waals surface area contributed by atoms with Crippen LogP contribution in [0.4, 0.5) is 4.39 Å². The smallest absolute Gasteiger partial charge is 0.251 e. The zero-order chi connectivity index (χ0) is 14.8. The van der Waals surface area contributed by atoms with Gasteiger partial charge in [-0.2, -0.15) is 5.26 Å². The van der Waals surface area contributed by atoms with Gasteiger partial charge in [-0.1, -0.05) is 24.3 Å². The molecule has 0 aliphatic rings. The van der Waals surface area contributed by atoms with Crippen LogP contribution < -0.4 is 5.32 Å². The van der Waals surface area contributed by atoms with Crippen LogP contribution in [0.3, 0.4) is 0 Å². The van der Waals surface area contributed by atoms with Gasteiger partial charge in [0.2, 0.25) is 0 Å². The van der Waals surface area contributed by atoms with Crippen molar-refractivity contribution < 1.29 is 9.18 Å². The highest BCUT2D eigenvalue weighted by atomic mass is 19.1. The molecular weight excluding hydrogens is 255 g/mol. The van der Waals surface area contributed by atoms with Crippen LogP contribution in [-0.2, 0) is 0 Å². The van der Waals surface area contributed by atoms with Gasteiger partial charge in [0.05, 0.1) is 11.5 Å². The van der Waals surface area contributed by atoms with Gasteiger partial charge in [0.15, 0.2) is 0 Å². The first-order valence-corrected chi connectivity index (χ1v) is 6.31. The van der Waals surface area contributed by atoms with Gasteiger partial charge in [-0.15, -0.1) is 0 Å². The average Bonchev–Trinajstić information content (AvgIpc) is 2.46. The monoisotopic (exact) mass is 270 g/mol. The summed E-state index contributed by atoms with van der Waals surface area (Å²) < 4.78 is 13.7. The summed E-state index contributed by atoms with van der Waals surface area (Å²) in [5.74, 6) is -0.654. The van der Waals surface area contributed by atoms with Gasteiger partial charge in [0, 0.05) is 17.5 Å². The van der Waals surface area contributed by atoms with Crippen LogP contribution in [0.1, 0.15) is 24.2 Å². The Morgan fingerprint density at radius 2 is 1.90 bits per heavy atom. The Hall–Kier alpha value is -2.41. The van der Waals surface area contributed by atoms with E-state index in [0.717, 1.165) is 0 Å². The van der Waals surface area contributed by atoms with Crippen LogP contribution >= 0.6 is 0 Å². The molecule has 4 heteroatoms. The molecule has 3 nitrogen and oxygen atoms in total. The molecule has 0 heterocycles. The maximum absolute atomic E-state index is 13.7. The van der Waals surface area contributed by atoms with Crippen LogP contribution in [-0.4, -0.2) is 12.5 Å². The summed E-state index contributed by atoms with van der Waals surface area (Å²) in [6.45, 7) is 3.74. The maximum Gasteiger partial charge on any atom is 0.251 e. The van der Waals surface area contributed by atoms with Crippen molar-refractivity contribution in [2.75, 3.05) is 6.54 Å². The predicted molar refractivity (Wildman–Crippen MR) is 75.6 cm³/mol. The van der Waals surface area contributed by atoms with E-state index in [9.17, 15) is 9.18 Å². The number of carbonyl (C=O) groups is 1. The van der Waals surface area contributed by atoms with Crippen LogP contribution in [0, 0.1) is 22.6 Å². The molecule has 1 amide bonds. The van der Waals surface area contributed by atoms with Crippen molar-refractivity contribution in [3.63, 3.8) is 0 Å². The van der Waals surface area contributed by atoms with Gasteiger partial charge >= 0.3 is 0 Å². The summed E-state index contributed by atoms with van der Waals surface area (Å²) in [4.78, 5) is 12.2. The molecule has 0 bridgehead atoms. The van der Waals surface area contributed by atoms with E-state index < -0.39 is 5.41 Å². The molecule has 0 aromatic heterocycles. The molecule has 1 N–H and O–H groups in total. The van der Waals surface area contributed by atoms with Crippen LogP contribution in [0.15, 0.2) is 36.4 Å². The standard InChI is InChI=1S/C16H15FN2O/c1-16(2,9-18)10-19-15(20)13-7-8-14(17)12-6-4-3-5-11(12)13/h3-8H,10H2,1-2H3,(H,19,20). The number of rotatable bonds is 3. The van der Waals surface area contributed by atoms with Gasteiger partial charge < -0.3 is 5.32 Å². The number of halogens is 1. The first kappa shape index (κ1) is 14.0. The van der Waals surface area contributed by atoms with E-state index in [2.05, 4.69) is 11.4 Å². The van der Waals surface area contributed by atoms with Gasteiger partial charge in [0.1, 0.15) is 5.82 Å². The summed E-state index contributed by atoms with van der Waals surface area (Å²) in [5.41, 5.74) is -0.221. The molecule has 0 radical (unpaired) electrons. The molecule has 0 atom stereocenters. The van der Waals surface area contributed by atoms with E-state index in [1.54, 1.807) is 38.1 Å². The van der Waals surface area contributed by atoms with E-state index >= 15 is 0 Å². The van der Waals surface area contributed by atoms with Gasteiger partial charge in [0.25, 0.3) is 5.91 Å². The second-order valence-electron chi connectivity index (χ2n) is 5.32. The minimum absolute atomic E-state index is 0.244. The van der Waals surface area contributed by atoms with E-state index in [1.807, 2.05) is 0 Å². The van der Waals surface area contributed by atoms with Crippen molar-refractivity contribution in [2.45, 2.75) is 13.8 Å². The van der Waals surface area contributed by atoms with E-state index in [1.165, 1.54) is 12.1 Å². The van der Waals surface area contributed by atoms with E-state index in [-0.39, 0.29) is 18.3 Å². The predicted octanol–water partition coefficient (Wildman–Crippen LogP) is 3.26. The molecular formula is C16H15FN2O. The normalized spacial score (nSPS) is 11.1. The maximum atomic E-state index is 13.7. The Balaban J connectivity index is 2.32. The quantitative estimate of drug-likeness (QED) is 0.930. The number of benzene rings is 2. The second-order valence-corrected chi connectivity index (χ2v) is 5.32. The lowest BCUT2D eigenvalue weighted by atomic mass is 9.95. The Bertz CT molecular complexity index is 701. The summed E-state index contributed by atoms with van der Waals surface area (Å²) in [7, 11) is 0. The zero-order valence-electron chi connectivity index (χ0n) is 11.4. The summed E-state index contributed by atoms with van der Waals surface area (Å²) in [6, 6.07) is 11.7. The third-order valence-electron chi connectivity index (χ3n) is 3.11. The average molecular weight is 270 g/mol. The number of amides is 1. The van der Waals surface area contributed by atoms with Crippen molar-refractivity contribution in [3.05, 3.63) is 47.8 Å². The fraction of sp³-hybridized carbons (Fsp3) is 0.250. The Kier molecular flexibility index (Phi) is 3.71. The lowest BCUT2D eigenvalue weighted by molar-refractivity contribution is 0.0945. The Morgan fingerprint density at radius 1 is 1.25 bits per heavy atom. The van der Waals surface area contributed by atoms with Crippen LogP contribution in [0.2, 0.25) is 0 Å². The third kappa shape index (κ3) is 2.77. The highest BCUT2D eigenvalue weighted by Gasteiger charge is 2.19. The van der Waals surface area contributed by atoms with E-state index in [4.69, 9.17) is 5.26 Å². The zero-order valence-corrected chi connectivity index (χ0v) is 11.4. The molecule has 0 saturated heterocycles. The summed E-state index contributed by atoms with van der Waals surface area (Å²) in [5, 5.41) is 12.6. The first-order valence-electron chi connectivity index (χ1n) is 6.31. The third-order valence-corrected chi connectivity index (χ3v) is 3.11. The fourth-order valence-corrected chi connectivity index (χ4v) is 1.90. The highest BCUT2D eigenvalue weighted by molar-refractivity contribution is 6.07. The second kappa shape index (κ2) is 5.30. The molecule has 0 fully saturated rings. The van der Waals surface area contributed by atoms with Gasteiger partial charge in [-0.05, 0) is 31.4 Å². The van der Waals surface area contributed by atoms with Crippen molar-refractivity contribution in [3.8, 4) is 6.07 Å². The van der Waals surface area contributed by atoms with Crippen LogP contribution in [0.5, 0.6) is 0 Å². The summed E-state index contributed by atoms with van der Waals surface area (Å²) >= 11 is 0. The number of hydrogen-bond donors (Lipinski definition) is 1. The van der Waals surface area contributed by atoms with Crippen molar-refractivity contribution in [1.29, 1.82) is 5.26 Å². The van der Waals surface area contributed by atoms with Crippen LogP contribution in [0.25, 0.3) is 10.8 Å². The number of nitriles is 1. The molecule has 2 aromatic carbocycles. The minimum atomic E-state index is -0.633. The molecule has 0 aliphatic carbocycles. The number of nitrogens with one attached hydrogen (secondary N) is 1. The molecule has 0 aliphatic heterocycles. The number of carbonyl (C=O) groups excluding carboxylic acids is 1. The molecule has 2 rings (SSSR count). The fourth-order valence-electron chi connectivity index (χ4n) is 1.90. The summed E-state index contributed by atoms with van der Waals surface area (Å²) in [6.07, 6.45) is 0. The molecule has 0 spiro atoms. The molecule has 0 saturated carbocycles. The number of nitrogens with zero attached hydrogens (tertiary/aromatic N) is 1. The first-order chi connectivity index (χ1) is 9.44. The minimum Gasteiger partial charge on any atom is -0.350 e. The Labute approximate surface area is 117 Å². The van der Waals surface area contributed by atoms with Crippen molar-refractivity contribution in [1.82, 2.24) is 5.32 Å². The van der Waals surface area contributed by atoms with Crippen molar-refractivity contribution >= 4 is 16.7 Å². The topological polar surface area (TPSA) is 52.9 Å².